The molecule has 0 saturated heterocycles. The quantitative estimate of drug-likeness (QED) is 0.0486. The average molecular weight is 779 g/mol. The summed E-state index contributed by atoms with van der Waals surface area (Å²) in [6.45, 7) is 2.77. The minimum Gasteiger partial charge on any atom is -0.496 e. The largest absolute Gasteiger partial charge is 0.496 e. The van der Waals surface area contributed by atoms with Gasteiger partial charge in [-0.25, -0.2) is 4.79 Å². The molecular weight excluding hydrogens is 728 g/mol. The number of methoxy groups -OCH3 is 1. The summed E-state index contributed by atoms with van der Waals surface area (Å²) >= 11 is 0. The molecule has 0 unspecified atom stereocenters. The molecule has 3 atom stereocenters. The predicted molar refractivity (Wildman–Crippen MR) is 209 cm³/mol. The molecule has 0 spiro atoms. The number of carboxylic acids is 1. The standard InChI is InChI=1S/C35H46N10O7.C2H4O2/c1-21(42-35(50)52-20-22-10-4-3-5-11-22)29(46)43-26(14-8-16-40-33(36)37)31(48)44-27(15-9-17-41-34(38)39)32(49)45-30(47)24-18-23-12-6-7-13-25(23)28(19-24)51-2;1-2(3)4/h3-7,10-13,18-19,21,26-27H,8-9,14-17,20H2,1-2H3,(H,42,50)(H,43,46)(H,44,48)(H4,36,37,40)(H4,38,39,41)(H,45,47,49);1H3,(H,3,4)/t21-,26-,27-;/m1./s1. The van der Waals surface area contributed by atoms with Crippen LogP contribution in [0.3, 0.4) is 0 Å². The number of carbonyl (C=O) groups excluding carboxylic acids is 5. The van der Waals surface area contributed by atoms with E-state index in [4.69, 9.17) is 42.3 Å². The molecule has 19 heteroatoms. The Hall–Kier alpha value is -6.92. The van der Waals surface area contributed by atoms with E-state index in [1.54, 1.807) is 42.5 Å². The SMILES string of the molecule is CC(=O)O.COc1cc(C(=O)NC(=O)[C@@H](CCCN=C(N)N)NC(=O)[C@@H](CCCN=C(N)N)NC(=O)[C@@H](C)NC(=O)OCc2ccccc2)cc2ccccc12. The number of aliphatic imine (C=N–C) groups is 2. The number of hydrogen-bond acceptors (Lipinski definition) is 10. The number of hydrogen-bond donors (Lipinski definition) is 9. The molecule has 3 aromatic rings. The van der Waals surface area contributed by atoms with E-state index in [9.17, 15) is 24.0 Å². The molecule has 0 bridgehead atoms. The molecule has 56 heavy (non-hydrogen) atoms. The van der Waals surface area contributed by atoms with Crippen LogP contribution in [0.1, 0.15) is 55.5 Å². The molecule has 302 valence electrons. The number of nitrogens with two attached hydrogens (primary N) is 4. The Morgan fingerprint density at radius 3 is 1.86 bits per heavy atom. The Labute approximate surface area is 323 Å². The summed E-state index contributed by atoms with van der Waals surface area (Å²) < 4.78 is 10.6. The molecule has 13 N–H and O–H groups in total. The van der Waals surface area contributed by atoms with Crippen LogP contribution in [0.15, 0.2) is 76.7 Å². The third-order valence-corrected chi connectivity index (χ3v) is 7.64. The smallest absolute Gasteiger partial charge is 0.408 e. The van der Waals surface area contributed by atoms with Gasteiger partial charge in [0.05, 0.1) is 7.11 Å². The van der Waals surface area contributed by atoms with Crippen molar-refractivity contribution < 1.29 is 43.3 Å². The molecule has 0 saturated carbocycles. The maximum atomic E-state index is 13.7. The van der Waals surface area contributed by atoms with E-state index in [1.807, 2.05) is 18.2 Å². The van der Waals surface area contributed by atoms with Gasteiger partial charge in [0.1, 0.15) is 30.5 Å². The van der Waals surface area contributed by atoms with Crippen LogP contribution in [0.4, 0.5) is 4.79 Å². The number of aliphatic carboxylic acids is 1. The molecule has 0 aliphatic rings. The molecule has 0 aliphatic heterocycles. The maximum Gasteiger partial charge on any atom is 0.408 e. The Kier molecular flexibility index (Phi) is 19.1. The van der Waals surface area contributed by atoms with Crippen molar-refractivity contribution in [1.29, 1.82) is 0 Å². The van der Waals surface area contributed by atoms with E-state index < -0.39 is 53.8 Å². The number of carboxylic acid groups (broad SMARTS) is 1. The van der Waals surface area contributed by atoms with E-state index in [2.05, 4.69) is 31.3 Å². The zero-order valence-corrected chi connectivity index (χ0v) is 31.4. The van der Waals surface area contributed by atoms with Gasteiger partial charge in [-0.15, -0.1) is 0 Å². The summed E-state index contributed by atoms with van der Waals surface area (Å²) in [5.74, 6) is -3.67. The molecule has 0 aliphatic carbocycles. The van der Waals surface area contributed by atoms with Gasteiger partial charge in [0.15, 0.2) is 11.9 Å². The summed E-state index contributed by atoms with van der Waals surface area (Å²) in [5.41, 5.74) is 22.6. The van der Waals surface area contributed by atoms with Crippen molar-refractivity contribution in [3.05, 3.63) is 77.9 Å². The van der Waals surface area contributed by atoms with E-state index >= 15 is 0 Å². The number of nitrogens with one attached hydrogen (secondary N) is 4. The molecule has 5 amide bonds. The van der Waals surface area contributed by atoms with Crippen LogP contribution in [0, 0.1) is 0 Å². The number of carbonyl (C=O) groups is 6. The average Bonchev–Trinajstić information content (AvgIpc) is 3.15. The highest BCUT2D eigenvalue weighted by Crippen LogP contribution is 2.27. The first-order chi connectivity index (χ1) is 26.6. The first-order valence-corrected chi connectivity index (χ1v) is 17.4. The molecule has 0 radical (unpaired) electrons. The van der Waals surface area contributed by atoms with E-state index in [0.29, 0.717) is 11.1 Å². The van der Waals surface area contributed by atoms with Gasteiger partial charge in [0, 0.05) is 31.0 Å². The summed E-state index contributed by atoms with van der Waals surface area (Å²) in [5, 5.41) is 18.9. The number of guanidine groups is 2. The maximum absolute atomic E-state index is 13.7. The van der Waals surface area contributed by atoms with Crippen molar-refractivity contribution in [2.75, 3.05) is 20.2 Å². The van der Waals surface area contributed by atoms with Crippen LogP contribution in [0.2, 0.25) is 0 Å². The fourth-order valence-corrected chi connectivity index (χ4v) is 4.97. The zero-order valence-electron chi connectivity index (χ0n) is 31.4. The molecule has 0 heterocycles. The number of alkyl carbamates (subject to hydrolysis) is 1. The third-order valence-electron chi connectivity index (χ3n) is 7.64. The molecule has 0 aromatic heterocycles. The second-order valence-corrected chi connectivity index (χ2v) is 12.2. The lowest BCUT2D eigenvalue weighted by molar-refractivity contribution is -0.134. The Balaban J connectivity index is 0.00000258. The number of imide groups is 1. The van der Waals surface area contributed by atoms with E-state index in [-0.39, 0.29) is 62.9 Å². The topological polar surface area (TPSA) is 318 Å². The highest BCUT2D eigenvalue weighted by molar-refractivity contribution is 6.09. The molecule has 3 aromatic carbocycles. The first kappa shape index (κ1) is 45.2. The van der Waals surface area contributed by atoms with Crippen molar-refractivity contribution in [2.24, 2.45) is 32.9 Å². The molecule has 19 nitrogen and oxygen atoms in total. The summed E-state index contributed by atoms with van der Waals surface area (Å²) in [7, 11) is 1.47. The summed E-state index contributed by atoms with van der Waals surface area (Å²) in [6, 6.07) is 15.8. The van der Waals surface area contributed by atoms with Crippen LogP contribution in [-0.2, 0) is 30.5 Å². The molecular formula is C37H50N10O9. The number of benzene rings is 3. The van der Waals surface area contributed by atoms with Gasteiger partial charge in [0.25, 0.3) is 11.9 Å². The van der Waals surface area contributed by atoms with E-state index in [0.717, 1.165) is 17.9 Å². The van der Waals surface area contributed by atoms with Crippen LogP contribution < -0.4 is 48.9 Å². The van der Waals surface area contributed by atoms with Gasteiger partial charge in [-0.1, -0.05) is 54.6 Å². The van der Waals surface area contributed by atoms with Crippen molar-refractivity contribution in [3.63, 3.8) is 0 Å². The minimum absolute atomic E-state index is 0.0135. The van der Waals surface area contributed by atoms with Gasteiger partial charge < -0.3 is 53.5 Å². The second-order valence-electron chi connectivity index (χ2n) is 12.2. The number of rotatable bonds is 18. The van der Waals surface area contributed by atoms with Crippen molar-refractivity contribution in [3.8, 4) is 5.75 Å². The van der Waals surface area contributed by atoms with Gasteiger partial charge in [-0.05, 0) is 55.7 Å². The fraction of sp³-hybridized carbons (Fsp3) is 0.351. The van der Waals surface area contributed by atoms with Crippen LogP contribution >= 0.6 is 0 Å². The van der Waals surface area contributed by atoms with Crippen LogP contribution in [0.25, 0.3) is 10.8 Å². The van der Waals surface area contributed by atoms with Crippen molar-refractivity contribution in [1.82, 2.24) is 21.3 Å². The van der Waals surface area contributed by atoms with Crippen LogP contribution in [0.5, 0.6) is 5.75 Å². The van der Waals surface area contributed by atoms with Crippen LogP contribution in [-0.4, -0.2) is 91.0 Å². The fourth-order valence-electron chi connectivity index (χ4n) is 4.97. The molecule has 0 fully saturated rings. The van der Waals surface area contributed by atoms with Gasteiger partial charge in [-0.3, -0.25) is 39.3 Å². The minimum atomic E-state index is -1.24. The number of fused-ring (bicyclic) bond motifs is 1. The normalized spacial score (nSPS) is 11.8. The number of nitrogens with zero attached hydrogens (tertiary/aromatic N) is 2. The van der Waals surface area contributed by atoms with E-state index in [1.165, 1.54) is 20.1 Å². The number of amides is 5. The third kappa shape index (κ3) is 16.8. The molecule has 3 rings (SSSR count). The predicted octanol–water partition coefficient (Wildman–Crippen LogP) is 0.587. The van der Waals surface area contributed by atoms with Gasteiger partial charge >= 0.3 is 6.09 Å². The number of ether oxygens (including phenoxy) is 2. The second kappa shape index (κ2) is 23.7. The van der Waals surface area contributed by atoms with Crippen molar-refractivity contribution in [2.45, 2.75) is 64.3 Å². The summed E-state index contributed by atoms with van der Waals surface area (Å²) in [4.78, 5) is 82.8. The highest BCUT2D eigenvalue weighted by Gasteiger charge is 2.29. The monoisotopic (exact) mass is 778 g/mol. The lowest BCUT2D eigenvalue weighted by Gasteiger charge is -2.24. The lowest BCUT2D eigenvalue weighted by Crippen LogP contribution is -2.56. The highest BCUT2D eigenvalue weighted by atomic mass is 16.5. The Bertz CT molecular complexity index is 1860. The Morgan fingerprint density at radius 2 is 1.29 bits per heavy atom. The van der Waals surface area contributed by atoms with Gasteiger partial charge in [-0.2, -0.15) is 0 Å². The summed E-state index contributed by atoms with van der Waals surface area (Å²) in [6.07, 6.45) is -0.241. The lowest BCUT2D eigenvalue weighted by atomic mass is 10.0. The van der Waals surface area contributed by atoms with Crippen molar-refractivity contribution >= 4 is 58.4 Å². The first-order valence-electron chi connectivity index (χ1n) is 17.4. The zero-order chi connectivity index (χ0) is 41.6. The Morgan fingerprint density at radius 1 is 0.750 bits per heavy atom. The van der Waals surface area contributed by atoms with Gasteiger partial charge in [0.2, 0.25) is 17.7 Å².